The molecule has 0 fully saturated rings. The van der Waals surface area contributed by atoms with Gasteiger partial charge in [0.05, 0.1) is 33.9 Å². The Morgan fingerprint density at radius 1 is 1.33 bits per heavy atom. The summed E-state index contributed by atoms with van der Waals surface area (Å²) in [6.07, 6.45) is -3.00. The topological polar surface area (TPSA) is 43.8 Å². The van der Waals surface area contributed by atoms with E-state index in [1.165, 1.54) is 16.9 Å². The Balaban J connectivity index is 2.56. The molecule has 0 saturated carbocycles. The maximum atomic E-state index is 12.6. The number of nitrogens with two attached hydrogens (primary N) is 1. The van der Waals surface area contributed by atoms with Crippen LogP contribution in [0.2, 0.25) is 5.02 Å². The molecule has 0 aliphatic rings. The first-order valence-electron chi connectivity index (χ1n) is 4.98. The molecule has 3 nitrogen and oxygen atoms in total. The van der Waals surface area contributed by atoms with Crippen molar-refractivity contribution in [3.63, 3.8) is 0 Å². The molecule has 1 aromatic carbocycles. The van der Waals surface area contributed by atoms with E-state index in [0.29, 0.717) is 11.4 Å². The predicted molar refractivity (Wildman–Crippen MR) is 62.7 cm³/mol. The van der Waals surface area contributed by atoms with E-state index in [-0.39, 0.29) is 10.7 Å². The fraction of sp³-hybridized carbons (Fsp3) is 0.182. The molecule has 18 heavy (non-hydrogen) atoms. The van der Waals surface area contributed by atoms with E-state index in [1.54, 1.807) is 6.92 Å². The van der Waals surface area contributed by atoms with Crippen molar-refractivity contribution in [1.82, 2.24) is 9.78 Å². The Bertz CT molecular complexity index is 570. The van der Waals surface area contributed by atoms with Crippen LogP contribution in [0.3, 0.4) is 0 Å². The lowest BCUT2D eigenvalue weighted by atomic mass is 10.2. The van der Waals surface area contributed by atoms with E-state index in [1.807, 2.05) is 0 Å². The maximum absolute atomic E-state index is 12.6. The molecule has 2 N–H and O–H groups in total. The molecule has 0 aliphatic carbocycles. The van der Waals surface area contributed by atoms with Crippen LogP contribution in [0.1, 0.15) is 11.3 Å². The number of aryl methyl sites for hydroxylation is 1. The number of halogens is 4. The fourth-order valence-corrected chi connectivity index (χ4v) is 1.67. The van der Waals surface area contributed by atoms with Crippen LogP contribution in [0.25, 0.3) is 5.69 Å². The molecular weight excluding hydrogens is 267 g/mol. The average molecular weight is 276 g/mol. The minimum absolute atomic E-state index is 0.145. The highest BCUT2D eigenvalue weighted by molar-refractivity contribution is 6.32. The van der Waals surface area contributed by atoms with Crippen LogP contribution in [0.5, 0.6) is 0 Å². The Kier molecular flexibility index (Phi) is 2.98. The summed E-state index contributed by atoms with van der Waals surface area (Å²) in [6, 6.07) is 3.05. The molecule has 0 atom stereocenters. The van der Waals surface area contributed by atoms with Crippen LogP contribution >= 0.6 is 11.6 Å². The van der Waals surface area contributed by atoms with E-state index in [4.69, 9.17) is 17.3 Å². The smallest absolute Gasteiger partial charge is 0.396 e. The Morgan fingerprint density at radius 2 is 2.00 bits per heavy atom. The molecule has 2 aromatic rings. The summed E-state index contributed by atoms with van der Waals surface area (Å²) in [5.41, 5.74) is 5.89. The number of aromatic nitrogens is 2. The number of alkyl halides is 3. The number of nitrogen functional groups attached to an aromatic ring is 1. The second kappa shape index (κ2) is 4.20. The van der Waals surface area contributed by atoms with E-state index in [0.717, 1.165) is 12.1 Å². The number of hydrogen-bond acceptors (Lipinski definition) is 2. The number of nitrogens with zero attached hydrogens (tertiary/aromatic N) is 2. The molecule has 0 unspecified atom stereocenters. The zero-order valence-corrected chi connectivity index (χ0v) is 10.0. The quantitative estimate of drug-likeness (QED) is 0.866. The largest absolute Gasteiger partial charge is 0.416 e. The highest BCUT2D eigenvalue weighted by Crippen LogP contribution is 2.33. The number of anilines is 1. The van der Waals surface area contributed by atoms with Gasteiger partial charge in [0, 0.05) is 0 Å². The van der Waals surface area contributed by atoms with Gasteiger partial charge in [-0.3, -0.25) is 0 Å². The van der Waals surface area contributed by atoms with Crippen LogP contribution in [0.4, 0.5) is 18.9 Å². The minimum atomic E-state index is -4.42. The van der Waals surface area contributed by atoms with Gasteiger partial charge in [-0.2, -0.15) is 18.3 Å². The maximum Gasteiger partial charge on any atom is 0.416 e. The third-order valence-corrected chi connectivity index (χ3v) is 2.78. The molecule has 0 spiro atoms. The highest BCUT2D eigenvalue weighted by atomic mass is 35.5. The van der Waals surface area contributed by atoms with Crippen molar-refractivity contribution in [2.45, 2.75) is 13.1 Å². The Hall–Kier alpha value is -1.69. The van der Waals surface area contributed by atoms with E-state index in [9.17, 15) is 13.2 Å². The van der Waals surface area contributed by atoms with E-state index >= 15 is 0 Å². The summed E-state index contributed by atoms with van der Waals surface area (Å²) in [6.45, 7) is 1.66. The van der Waals surface area contributed by atoms with Crippen molar-refractivity contribution in [3.8, 4) is 5.69 Å². The standard InChI is InChI=1S/C11H9ClF3N3/c1-6-9(16)5-18(17-6)10-4-7(11(13,14)15)2-3-8(10)12/h2-5H,16H2,1H3. The van der Waals surface area contributed by atoms with Crippen LogP contribution in [-0.2, 0) is 6.18 Å². The first-order valence-corrected chi connectivity index (χ1v) is 5.35. The lowest BCUT2D eigenvalue weighted by Crippen LogP contribution is -2.06. The normalized spacial score (nSPS) is 11.8. The Morgan fingerprint density at radius 3 is 2.50 bits per heavy atom. The van der Waals surface area contributed by atoms with Crippen molar-refractivity contribution in [3.05, 3.63) is 40.7 Å². The molecule has 1 heterocycles. The van der Waals surface area contributed by atoms with Gasteiger partial charge >= 0.3 is 6.18 Å². The van der Waals surface area contributed by atoms with Crippen LogP contribution in [0, 0.1) is 6.92 Å². The van der Waals surface area contributed by atoms with Crippen LogP contribution in [0.15, 0.2) is 24.4 Å². The van der Waals surface area contributed by atoms with Gasteiger partial charge in [0.25, 0.3) is 0 Å². The zero-order chi connectivity index (χ0) is 13.5. The average Bonchev–Trinajstić information content (AvgIpc) is 2.58. The second-order valence-electron chi connectivity index (χ2n) is 3.78. The van der Waals surface area contributed by atoms with Crippen molar-refractivity contribution < 1.29 is 13.2 Å². The molecule has 0 saturated heterocycles. The van der Waals surface area contributed by atoms with Gasteiger partial charge in [0.2, 0.25) is 0 Å². The van der Waals surface area contributed by atoms with Gasteiger partial charge in [-0.15, -0.1) is 0 Å². The van der Waals surface area contributed by atoms with Gasteiger partial charge in [-0.25, -0.2) is 4.68 Å². The molecule has 2 rings (SSSR count). The molecular formula is C11H9ClF3N3. The zero-order valence-electron chi connectivity index (χ0n) is 9.29. The summed E-state index contributed by atoms with van der Waals surface area (Å²) in [5, 5.41) is 4.18. The van der Waals surface area contributed by atoms with Gasteiger partial charge in [-0.05, 0) is 25.1 Å². The molecule has 96 valence electrons. The number of benzene rings is 1. The summed E-state index contributed by atoms with van der Waals surface area (Å²) in [4.78, 5) is 0. The fourth-order valence-electron chi connectivity index (χ4n) is 1.46. The number of rotatable bonds is 1. The van der Waals surface area contributed by atoms with Gasteiger partial charge < -0.3 is 5.73 Å². The first kappa shape index (κ1) is 12.8. The number of hydrogen-bond donors (Lipinski definition) is 1. The SMILES string of the molecule is Cc1nn(-c2cc(C(F)(F)F)ccc2Cl)cc1N. The molecule has 7 heteroatoms. The summed E-state index contributed by atoms with van der Waals surface area (Å²) >= 11 is 5.87. The third-order valence-electron chi connectivity index (χ3n) is 2.46. The molecule has 1 aromatic heterocycles. The summed E-state index contributed by atoms with van der Waals surface area (Å²) in [7, 11) is 0. The summed E-state index contributed by atoms with van der Waals surface area (Å²) < 4.78 is 39.0. The van der Waals surface area contributed by atoms with Crippen LogP contribution < -0.4 is 5.73 Å². The molecule has 0 bridgehead atoms. The summed E-state index contributed by atoms with van der Waals surface area (Å²) in [5.74, 6) is 0. The van der Waals surface area contributed by atoms with Crippen molar-refractivity contribution in [2.24, 2.45) is 0 Å². The van der Waals surface area contributed by atoms with E-state index in [2.05, 4.69) is 5.10 Å². The molecule has 0 radical (unpaired) electrons. The van der Waals surface area contributed by atoms with Crippen molar-refractivity contribution >= 4 is 17.3 Å². The lowest BCUT2D eigenvalue weighted by Gasteiger charge is -2.10. The highest BCUT2D eigenvalue weighted by Gasteiger charge is 2.31. The van der Waals surface area contributed by atoms with Gasteiger partial charge in [0.1, 0.15) is 0 Å². The van der Waals surface area contributed by atoms with E-state index < -0.39 is 11.7 Å². The molecule has 0 amide bonds. The first-order chi connectivity index (χ1) is 8.29. The molecule has 0 aliphatic heterocycles. The lowest BCUT2D eigenvalue weighted by molar-refractivity contribution is -0.137. The Labute approximate surface area is 106 Å². The monoisotopic (exact) mass is 275 g/mol. The predicted octanol–water partition coefficient (Wildman–Crippen LogP) is 3.44. The second-order valence-corrected chi connectivity index (χ2v) is 4.19. The van der Waals surface area contributed by atoms with Crippen molar-refractivity contribution in [2.75, 3.05) is 5.73 Å². The van der Waals surface area contributed by atoms with Crippen LogP contribution in [-0.4, -0.2) is 9.78 Å². The van der Waals surface area contributed by atoms with Gasteiger partial charge in [0.15, 0.2) is 0 Å². The van der Waals surface area contributed by atoms with Crippen molar-refractivity contribution in [1.29, 1.82) is 0 Å². The minimum Gasteiger partial charge on any atom is -0.396 e. The third kappa shape index (κ3) is 2.28. The van der Waals surface area contributed by atoms with Gasteiger partial charge in [-0.1, -0.05) is 11.6 Å².